The van der Waals surface area contributed by atoms with Crippen molar-refractivity contribution < 1.29 is 14.2 Å². The van der Waals surface area contributed by atoms with Crippen molar-refractivity contribution >= 4 is 5.82 Å². The normalized spacial score (nSPS) is 20.4. The van der Waals surface area contributed by atoms with Crippen LogP contribution in [-0.4, -0.2) is 50.5 Å². The van der Waals surface area contributed by atoms with Gasteiger partial charge in [0.1, 0.15) is 17.9 Å². The minimum absolute atomic E-state index is 0.252. The van der Waals surface area contributed by atoms with E-state index < -0.39 is 0 Å². The van der Waals surface area contributed by atoms with Gasteiger partial charge < -0.3 is 19.1 Å². The Morgan fingerprint density at radius 3 is 2.56 bits per heavy atom. The molecule has 0 saturated carbocycles. The summed E-state index contributed by atoms with van der Waals surface area (Å²) < 4.78 is 16.2. The summed E-state index contributed by atoms with van der Waals surface area (Å²) in [6.07, 6.45) is 3.74. The molecule has 134 valence electrons. The molecule has 0 bridgehead atoms. The first kappa shape index (κ1) is 17.5. The van der Waals surface area contributed by atoms with Gasteiger partial charge in [-0.3, -0.25) is 0 Å². The molecule has 1 aliphatic rings. The summed E-state index contributed by atoms with van der Waals surface area (Å²) in [5.41, 5.74) is 1.29. The maximum atomic E-state index is 5.74. The Morgan fingerprint density at radius 1 is 1.08 bits per heavy atom. The molecule has 1 aliphatic heterocycles. The summed E-state index contributed by atoms with van der Waals surface area (Å²) in [5, 5.41) is 0. The third-order valence-electron chi connectivity index (χ3n) is 4.78. The summed E-state index contributed by atoms with van der Waals surface area (Å²) >= 11 is 0. The monoisotopic (exact) mass is 343 g/mol. The van der Waals surface area contributed by atoms with Gasteiger partial charge in [0.15, 0.2) is 0 Å². The van der Waals surface area contributed by atoms with Crippen LogP contribution in [-0.2, 0) is 11.2 Å². The largest absolute Gasteiger partial charge is 0.497 e. The van der Waals surface area contributed by atoms with Crippen LogP contribution in [0.15, 0.2) is 36.7 Å². The predicted molar refractivity (Wildman–Crippen MR) is 96.4 cm³/mol. The van der Waals surface area contributed by atoms with Crippen molar-refractivity contribution in [2.24, 2.45) is 5.92 Å². The van der Waals surface area contributed by atoms with Gasteiger partial charge in [-0.15, -0.1) is 0 Å². The SMILES string of the molecule is COc1ccc(C[C@H]2CN(c3cc(OC)ncn3)CC[C@@H]2OC)cc1. The third kappa shape index (κ3) is 4.20. The summed E-state index contributed by atoms with van der Waals surface area (Å²) in [4.78, 5) is 10.8. The van der Waals surface area contributed by atoms with E-state index in [0.717, 1.165) is 37.5 Å². The topological polar surface area (TPSA) is 56.7 Å². The maximum absolute atomic E-state index is 5.74. The number of nitrogens with zero attached hydrogens (tertiary/aromatic N) is 3. The Bertz CT molecular complexity index is 678. The quantitative estimate of drug-likeness (QED) is 0.803. The Kier molecular flexibility index (Phi) is 5.71. The Labute approximate surface area is 148 Å². The number of anilines is 1. The van der Waals surface area contributed by atoms with Crippen molar-refractivity contribution in [2.45, 2.75) is 18.9 Å². The third-order valence-corrected chi connectivity index (χ3v) is 4.78. The highest BCUT2D eigenvalue weighted by atomic mass is 16.5. The fourth-order valence-electron chi connectivity index (χ4n) is 3.40. The van der Waals surface area contributed by atoms with E-state index in [9.17, 15) is 0 Å². The number of benzene rings is 1. The van der Waals surface area contributed by atoms with E-state index in [-0.39, 0.29) is 6.10 Å². The number of aromatic nitrogens is 2. The van der Waals surface area contributed by atoms with E-state index in [0.29, 0.717) is 11.8 Å². The number of rotatable bonds is 6. The van der Waals surface area contributed by atoms with Crippen LogP contribution in [0.25, 0.3) is 0 Å². The lowest BCUT2D eigenvalue weighted by molar-refractivity contribution is 0.0375. The van der Waals surface area contributed by atoms with E-state index in [1.807, 2.05) is 18.2 Å². The minimum atomic E-state index is 0.252. The van der Waals surface area contributed by atoms with Gasteiger partial charge in [0.25, 0.3) is 0 Å². The average Bonchev–Trinajstić information content (AvgIpc) is 2.68. The van der Waals surface area contributed by atoms with Crippen molar-refractivity contribution in [1.82, 2.24) is 9.97 Å². The second-order valence-electron chi connectivity index (χ2n) is 6.24. The van der Waals surface area contributed by atoms with Gasteiger partial charge in [0, 0.05) is 32.2 Å². The lowest BCUT2D eigenvalue weighted by atomic mass is 9.88. The fraction of sp³-hybridized carbons (Fsp3) is 0.474. The molecule has 2 heterocycles. The summed E-state index contributed by atoms with van der Waals surface area (Å²) in [7, 11) is 5.11. The van der Waals surface area contributed by atoms with Gasteiger partial charge in [-0.25, -0.2) is 9.97 Å². The van der Waals surface area contributed by atoms with Gasteiger partial charge in [-0.2, -0.15) is 0 Å². The summed E-state index contributed by atoms with van der Waals surface area (Å²) in [5.74, 6) is 2.77. The first-order valence-electron chi connectivity index (χ1n) is 8.50. The standard InChI is InChI=1S/C19H25N3O3/c1-23-16-6-4-14(5-7-16)10-15-12-22(9-8-17(15)24-2)18-11-19(25-3)21-13-20-18/h4-7,11,13,15,17H,8-10,12H2,1-3H3/t15-,17-/m0/s1. The van der Waals surface area contributed by atoms with Crippen LogP contribution in [0.2, 0.25) is 0 Å². The van der Waals surface area contributed by atoms with Crippen molar-refractivity contribution in [2.75, 3.05) is 39.3 Å². The minimum Gasteiger partial charge on any atom is -0.497 e. The van der Waals surface area contributed by atoms with Gasteiger partial charge in [-0.05, 0) is 30.5 Å². The molecule has 0 N–H and O–H groups in total. The summed E-state index contributed by atoms with van der Waals surface area (Å²) in [6, 6.07) is 10.1. The second kappa shape index (κ2) is 8.16. The first-order chi connectivity index (χ1) is 12.2. The summed E-state index contributed by atoms with van der Waals surface area (Å²) in [6.45, 7) is 1.81. The maximum Gasteiger partial charge on any atom is 0.218 e. The first-order valence-corrected chi connectivity index (χ1v) is 8.50. The van der Waals surface area contributed by atoms with Crippen molar-refractivity contribution in [3.63, 3.8) is 0 Å². The van der Waals surface area contributed by atoms with Crippen LogP contribution < -0.4 is 14.4 Å². The fourth-order valence-corrected chi connectivity index (χ4v) is 3.40. The van der Waals surface area contributed by atoms with Gasteiger partial charge >= 0.3 is 0 Å². The molecule has 2 atom stereocenters. The highest BCUT2D eigenvalue weighted by Crippen LogP contribution is 2.28. The van der Waals surface area contributed by atoms with Crippen LogP contribution in [0.1, 0.15) is 12.0 Å². The Hall–Kier alpha value is -2.34. The lowest BCUT2D eigenvalue weighted by Crippen LogP contribution is -2.45. The average molecular weight is 343 g/mol. The highest BCUT2D eigenvalue weighted by Gasteiger charge is 2.30. The molecular formula is C19H25N3O3. The molecule has 25 heavy (non-hydrogen) atoms. The molecule has 6 heteroatoms. The molecule has 3 rings (SSSR count). The van der Waals surface area contributed by atoms with Crippen molar-refractivity contribution in [3.05, 3.63) is 42.2 Å². The zero-order valence-electron chi connectivity index (χ0n) is 15.0. The molecule has 1 fully saturated rings. The molecule has 0 unspecified atom stereocenters. The molecule has 0 spiro atoms. The number of methoxy groups -OCH3 is 3. The van der Waals surface area contributed by atoms with Crippen LogP contribution in [0.3, 0.4) is 0 Å². The van der Waals surface area contributed by atoms with Gasteiger partial charge in [0.2, 0.25) is 5.88 Å². The Balaban J connectivity index is 1.73. The highest BCUT2D eigenvalue weighted by molar-refractivity contribution is 5.41. The van der Waals surface area contributed by atoms with E-state index in [4.69, 9.17) is 14.2 Å². The number of hydrogen-bond acceptors (Lipinski definition) is 6. The molecular weight excluding hydrogens is 318 g/mol. The zero-order valence-corrected chi connectivity index (χ0v) is 15.0. The molecule has 1 aromatic carbocycles. The van der Waals surface area contributed by atoms with Gasteiger partial charge in [-0.1, -0.05) is 12.1 Å². The van der Waals surface area contributed by atoms with Crippen LogP contribution in [0.5, 0.6) is 11.6 Å². The molecule has 0 radical (unpaired) electrons. The van der Waals surface area contributed by atoms with Gasteiger partial charge in [0.05, 0.1) is 20.3 Å². The molecule has 2 aromatic rings. The Morgan fingerprint density at radius 2 is 1.88 bits per heavy atom. The molecule has 1 saturated heterocycles. The number of hydrogen-bond donors (Lipinski definition) is 0. The molecule has 0 aliphatic carbocycles. The molecule has 0 amide bonds. The van der Waals surface area contributed by atoms with Crippen molar-refractivity contribution in [3.8, 4) is 11.6 Å². The smallest absolute Gasteiger partial charge is 0.218 e. The zero-order chi connectivity index (χ0) is 17.6. The second-order valence-corrected chi connectivity index (χ2v) is 6.24. The van der Waals surface area contributed by atoms with E-state index in [2.05, 4.69) is 27.0 Å². The van der Waals surface area contributed by atoms with Crippen LogP contribution in [0.4, 0.5) is 5.82 Å². The van der Waals surface area contributed by atoms with E-state index in [1.165, 1.54) is 5.56 Å². The van der Waals surface area contributed by atoms with Crippen molar-refractivity contribution in [1.29, 1.82) is 0 Å². The van der Waals surface area contributed by atoms with E-state index in [1.54, 1.807) is 27.7 Å². The van der Waals surface area contributed by atoms with Crippen LogP contribution in [0, 0.1) is 5.92 Å². The number of ether oxygens (including phenoxy) is 3. The van der Waals surface area contributed by atoms with E-state index >= 15 is 0 Å². The molecule has 1 aromatic heterocycles. The predicted octanol–water partition coefficient (Wildman–Crippen LogP) is 2.58. The molecule has 6 nitrogen and oxygen atoms in total. The number of piperidine rings is 1. The lowest BCUT2D eigenvalue weighted by Gasteiger charge is -2.38. The van der Waals surface area contributed by atoms with Crippen LogP contribution >= 0.6 is 0 Å².